The number of nitrogens with zero attached hydrogens (tertiary/aromatic N) is 3. The number of hydrogen-bond acceptors (Lipinski definition) is 4. The van der Waals surface area contributed by atoms with Gasteiger partial charge in [-0.2, -0.15) is 0 Å². The summed E-state index contributed by atoms with van der Waals surface area (Å²) in [5, 5.41) is 0.708. The van der Waals surface area contributed by atoms with Crippen molar-refractivity contribution in [2.24, 2.45) is 12.0 Å². The van der Waals surface area contributed by atoms with Gasteiger partial charge in [-0.1, -0.05) is 0 Å². The van der Waals surface area contributed by atoms with Gasteiger partial charge in [0.2, 0.25) is 0 Å². The first-order valence-electron chi connectivity index (χ1n) is 8.51. The minimum Gasteiger partial charge on any atom is -0.497 e. The van der Waals surface area contributed by atoms with Crippen molar-refractivity contribution in [1.29, 1.82) is 0 Å². The van der Waals surface area contributed by atoms with E-state index in [1.165, 1.54) is 17.5 Å². The molecule has 6 heteroatoms. The van der Waals surface area contributed by atoms with Crippen molar-refractivity contribution >= 4 is 34.6 Å². The van der Waals surface area contributed by atoms with Gasteiger partial charge >= 0.3 is 0 Å². The molecule has 0 atom stereocenters. The number of likely N-dealkylation sites (N-methyl/N-ethyl adjacent to an activating group) is 1. The van der Waals surface area contributed by atoms with Crippen LogP contribution >= 0.6 is 11.8 Å². The molecule has 136 valence electrons. The monoisotopic (exact) mass is 369 g/mol. The van der Waals surface area contributed by atoms with E-state index >= 15 is 0 Å². The highest BCUT2D eigenvalue weighted by Gasteiger charge is 2.32. The SMILES string of the molecule is CCN1C(=O)C(=Cc2cc(C)n(C)c2C)SC1=Nc1ccc(OC)cc1. The second-order valence-electron chi connectivity index (χ2n) is 6.14. The van der Waals surface area contributed by atoms with Crippen molar-refractivity contribution in [2.75, 3.05) is 13.7 Å². The molecular weight excluding hydrogens is 346 g/mol. The lowest BCUT2D eigenvalue weighted by Crippen LogP contribution is -2.28. The molecule has 1 aliphatic rings. The number of methoxy groups -OCH3 is 1. The Labute approximate surface area is 158 Å². The van der Waals surface area contributed by atoms with E-state index in [1.807, 2.05) is 44.3 Å². The summed E-state index contributed by atoms with van der Waals surface area (Å²) in [5.74, 6) is 0.789. The fraction of sp³-hybridized carbons (Fsp3) is 0.300. The number of hydrogen-bond donors (Lipinski definition) is 0. The molecule has 1 aromatic carbocycles. The van der Waals surface area contributed by atoms with Crippen molar-refractivity contribution < 1.29 is 9.53 Å². The summed E-state index contributed by atoms with van der Waals surface area (Å²) >= 11 is 1.42. The maximum absolute atomic E-state index is 12.8. The number of carbonyl (C=O) groups excluding carboxylic acids is 1. The average Bonchev–Trinajstić information content (AvgIpc) is 3.06. The van der Waals surface area contributed by atoms with Crippen LogP contribution in [0.5, 0.6) is 5.75 Å². The first-order valence-corrected chi connectivity index (χ1v) is 9.33. The molecule has 0 radical (unpaired) electrons. The van der Waals surface area contributed by atoms with Crippen LogP contribution in [0.15, 0.2) is 40.2 Å². The second kappa shape index (κ2) is 7.41. The number of aromatic nitrogens is 1. The largest absolute Gasteiger partial charge is 0.497 e. The smallest absolute Gasteiger partial charge is 0.266 e. The summed E-state index contributed by atoms with van der Waals surface area (Å²) in [6.45, 7) is 6.68. The van der Waals surface area contributed by atoms with Crippen LogP contribution < -0.4 is 4.74 Å². The quantitative estimate of drug-likeness (QED) is 0.756. The topological polar surface area (TPSA) is 46.8 Å². The molecule has 26 heavy (non-hydrogen) atoms. The van der Waals surface area contributed by atoms with Crippen molar-refractivity contribution in [1.82, 2.24) is 9.47 Å². The Kier molecular flexibility index (Phi) is 5.23. The lowest BCUT2D eigenvalue weighted by Gasteiger charge is -2.12. The number of thioether (sulfide) groups is 1. The van der Waals surface area contributed by atoms with Crippen LogP contribution in [-0.2, 0) is 11.8 Å². The Hall–Kier alpha value is -2.47. The van der Waals surface area contributed by atoms with Gasteiger partial charge in [0.05, 0.1) is 17.7 Å². The summed E-state index contributed by atoms with van der Waals surface area (Å²) in [6.07, 6.45) is 1.97. The van der Waals surface area contributed by atoms with Crippen LogP contribution in [0.3, 0.4) is 0 Å². The van der Waals surface area contributed by atoms with Crippen molar-refractivity contribution in [3.8, 4) is 5.75 Å². The van der Waals surface area contributed by atoms with Crippen LogP contribution in [-0.4, -0.2) is 34.2 Å². The van der Waals surface area contributed by atoms with Gasteiger partial charge in [-0.15, -0.1) is 0 Å². The lowest BCUT2D eigenvalue weighted by atomic mass is 10.2. The summed E-state index contributed by atoms with van der Waals surface area (Å²) in [4.78, 5) is 19.8. The van der Waals surface area contributed by atoms with E-state index in [9.17, 15) is 4.79 Å². The number of ether oxygens (including phenoxy) is 1. The fourth-order valence-corrected chi connectivity index (χ4v) is 3.86. The first kappa shape index (κ1) is 18.3. The maximum atomic E-state index is 12.8. The number of rotatable bonds is 4. The van der Waals surface area contributed by atoms with Gasteiger partial charge in [0.1, 0.15) is 5.75 Å². The van der Waals surface area contributed by atoms with E-state index in [-0.39, 0.29) is 5.91 Å². The lowest BCUT2D eigenvalue weighted by molar-refractivity contribution is -0.122. The van der Waals surface area contributed by atoms with Gasteiger partial charge in [-0.05, 0) is 74.5 Å². The minimum atomic E-state index is 0.00525. The van der Waals surface area contributed by atoms with E-state index < -0.39 is 0 Å². The zero-order valence-corrected chi connectivity index (χ0v) is 16.6. The molecule has 0 saturated carbocycles. The van der Waals surface area contributed by atoms with Crippen LogP contribution in [0.1, 0.15) is 23.9 Å². The summed E-state index contributed by atoms with van der Waals surface area (Å²) in [6, 6.07) is 9.60. The first-order chi connectivity index (χ1) is 12.4. The van der Waals surface area contributed by atoms with Gasteiger partial charge in [0.15, 0.2) is 5.17 Å². The maximum Gasteiger partial charge on any atom is 0.266 e. The number of carbonyl (C=O) groups is 1. The van der Waals surface area contributed by atoms with E-state index in [4.69, 9.17) is 4.74 Å². The van der Waals surface area contributed by atoms with Gasteiger partial charge in [0, 0.05) is 25.0 Å². The average molecular weight is 369 g/mol. The van der Waals surface area contributed by atoms with Gasteiger partial charge in [0.25, 0.3) is 5.91 Å². The Bertz CT molecular complexity index is 895. The number of aryl methyl sites for hydroxylation is 1. The van der Waals surface area contributed by atoms with Crippen molar-refractivity contribution in [3.63, 3.8) is 0 Å². The third kappa shape index (κ3) is 3.42. The van der Waals surface area contributed by atoms with E-state index in [1.54, 1.807) is 12.0 Å². The summed E-state index contributed by atoms with van der Waals surface area (Å²) < 4.78 is 7.30. The molecule has 3 rings (SSSR count). The van der Waals surface area contributed by atoms with Crippen molar-refractivity contribution in [2.45, 2.75) is 20.8 Å². The molecule has 0 bridgehead atoms. The third-order valence-corrected chi connectivity index (χ3v) is 5.61. The number of amidine groups is 1. The molecule has 5 nitrogen and oxygen atoms in total. The Morgan fingerprint density at radius 3 is 2.46 bits per heavy atom. The van der Waals surface area contributed by atoms with Crippen LogP contribution in [0.4, 0.5) is 5.69 Å². The molecule has 1 saturated heterocycles. The van der Waals surface area contributed by atoms with Crippen molar-refractivity contribution in [3.05, 3.63) is 52.2 Å². The van der Waals surface area contributed by atoms with E-state index in [0.29, 0.717) is 16.6 Å². The fourth-order valence-electron chi connectivity index (χ4n) is 2.81. The predicted octanol–water partition coefficient (Wildman–Crippen LogP) is 4.27. The Balaban J connectivity index is 1.93. The summed E-state index contributed by atoms with van der Waals surface area (Å²) in [5.41, 5.74) is 4.19. The molecule has 0 N–H and O–H groups in total. The van der Waals surface area contributed by atoms with Crippen LogP contribution in [0, 0.1) is 13.8 Å². The molecule has 1 fully saturated rings. The molecule has 1 aromatic heterocycles. The van der Waals surface area contributed by atoms with Crippen LogP contribution in [0.25, 0.3) is 6.08 Å². The van der Waals surface area contributed by atoms with Gasteiger partial charge in [-0.25, -0.2) is 4.99 Å². The molecule has 2 heterocycles. The van der Waals surface area contributed by atoms with Gasteiger partial charge < -0.3 is 9.30 Å². The Morgan fingerprint density at radius 1 is 1.23 bits per heavy atom. The molecule has 1 aliphatic heterocycles. The zero-order valence-electron chi connectivity index (χ0n) is 15.7. The second-order valence-corrected chi connectivity index (χ2v) is 7.15. The molecule has 0 aliphatic carbocycles. The van der Waals surface area contributed by atoms with E-state index in [2.05, 4.69) is 29.5 Å². The minimum absolute atomic E-state index is 0.00525. The zero-order chi connectivity index (χ0) is 18.8. The number of aliphatic imine (C=N–C) groups is 1. The third-order valence-electron chi connectivity index (χ3n) is 4.60. The highest BCUT2D eigenvalue weighted by molar-refractivity contribution is 8.18. The number of benzene rings is 1. The highest BCUT2D eigenvalue weighted by Crippen LogP contribution is 2.35. The molecule has 2 aromatic rings. The number of amides is 1. The standard InChI is InChI=1S/C20H23N3O2S/c1-6-23-19(24)18(12-15-11-13(2)22(4)14(15)3)26-20(23)21-16-7-9-17(25-5)10-8-16/h7-12H,6H2,1-5H3. The van der Waals surface area contributed by atoms with E-state index in [0.717, 1.165) is 22.7 Å². The summed E-state index contributed by atoms with van der Waals surface area (Å²) in [7, 11) is 3.67. The molecule has 0 unspecified atom stereocenters. The highest BCUT2D eigenvalue weighted by atomic mass is 32.2. The van der Waals surface area contributed by atoms with Crippen LogP contribution in [0.2, 0.25) is 0 Å². The molecular formula is C20H23N3O2S. The normalized spacial score (nSPS) is 17.6. The predicted molar refractivity (Wildman–Crippen MR) is 108 cm³/mol. The molecule has 1 amide bonds. The molecule has 0 spiro atoms. The Morgan fingerprint density at radius 2 is 1.92 bits per heavy atom. The van der Waals surface area contributed by atoms with Gasteiger partial charge in [-0.3, -0.25) is 9.69 Å².